The number of H-pyrrole nitrogens is 1. The van der Waals surface area contributed by atoms with Gasteiger partial charge >= 0.3 is 6.09 Å². The molecule has 136 valence electrons. The van der Waals surface area contributed by atoms with Crippen LogP contribution in [0.15, 0.2) is 36.7 Å². The zero-order chi connectivity index (χ0) is 18.4. The van der Waals surface area contributed by atoms with E-state index >= 15 is 0 Å². The molecule has 3 rings (SSSR count). The third-order valence-corrected chi connectivity index (χ3v) is 3.72. The highest BCUT2D eigenvalue weighted by atomic mass is 16.5. The Hall–Kier alpha value is -3.36. The summed E-state index contributed by atoms with van der Waals surface area (Å²) in [7, 11) is 0. The molecule has 0 aliphatic carbocycles. The van der Waals surface area contributed by atoms with Gasteiger partial charge in [-0.25, -0.2) is 4.79 Å². The van der Waals surface area contributed by atoms with Gasteiger partial charge in [-0.2, -0.15) is 9.90 Å². The molecule has 0 bridgehead atoms. The van der Waals surface area contributed by atoms with Crippen molar-refractivity contribution < 1.29 is 14.3 Å². The quantitative estimate of drug-likeness (QED) is 0.596. The number of nitrogens with zero attached hydrogens (tertiary/aromatic N) is 3. The van der Waals surface area contributed by atoms with Crippen LogP contribution in [0, 0.1) is 0 Å². The van der Waals surface area contributed by atoms with Gasteiger partial charge in [-0.05, 0) is 25.0 Å². The highest BCUT2D eigenvalue weighted by Gasteiger charge is 2.09. The van der Waals surface area contributed by atoms with E-state index in [2.05, 4.69) is 31.9 Å². The number of aromatic amines is 1. The van der Waals surface area contributed by atoms with Crippen LogP contribution in [0.2, 0.25) is 0 Å². The highest BCUT2D eigenvalue weighted by molar-refractivity contribution is 5.83. The summed E-state index contributed by atoms with van der Waals surface area (Å²) in [6.07, 6.45) is 3.43. The Labute approximate surface area is 149 Å². The maximum Gasteiger partial charge on any atom is 0.412 e. The van der Waals surface area contributed by atoms with Crippen molar-refractivity contribution in [1.29, 1.82) is 0 Å². The lowest BCUT2D eigenvalue weighted by Gasteiger charge is -2.04. The molecule has 0 atom stereocenters. The summed E-state index contributed by atoms with van der Waals surface area (Å²) < 4.78 is 4.75. The van der Waals surface area contributed by atoms with Crippen LogP contribution < -0.4 is 10.6 Å². The minimum absolute atomic E-state index is 0.0294. The maximum atomic E-state index is 12.0. The number of carbonyl (C=O) groups excluding carboxylic acids is 2. The van der Waals surface area contributed by atoms with E-state index < -0.39 is 6.09 Å². The molecule has 2 heterocycles. The molecule has 0 saturated heterocycles. The molecule has 0 aliphatic heterocycles. The van der Waals surface area contributed by atoms with Crippen LogP contribution in [0.5, 0.6) is 0 Å². The molecule has 1 aromatic carbocycles. The molecule has 26 heavy (non-hydrogen) atoms. The van der Waals surface area contributed by atoms with Gasteiger partial charge in [0, 0.05) is 23.6 Å². The van der Waals surface area contributed by atoms with Gasteiger partial charge < -0.3 is 15.0 Å². The predicted molar refractivity (Wildman–Crippen MR) is 95.7 cm³/mol. The number of nitrogens with one attached hydrogen (secondary N) is 3. The minimum atomic E-state index is -0.609. The molecule has 2 aromatic heterocycles. The van der Waals surface area contributed by atoms with E-state index in [4.69, 9.17) is 4.74 Å². The second-order valence-corrected chi connectivity index (χ2v) is 5.57. The Bertz CT molecular complexity index is 901. The first-order valence-corrected chi connectivity index (χ1v) is 8.31. The van der Waals surface area contributed by atoms with Crippen LogP contribution in [0.1, 0.15) is 12.5 Å². The third-order valence-electron chi connectivity index (χ3n) is 3.72. The fourth-order valence-corrected chi connectivity index (χ4v) is 2.56. The van der Waals surface area contributed by atoms with Crippen LogP contribution in [0.4, 0.5) is 10.6 Å². The van der Waals surface area contributed by atoms with Gasteiger partial charge in [0.05, 0.1) is 12.8 Å². The van der Waals surface area contributed by atoms with E-state index in [9.17, 15) is 9.59 Å². The van der Waals surface area contributed by atoms with Gasteiger partial charge in [-0.15, -0.1) is 5.10 Å². The summed E-state index contributed by atoms with van der Waals surface area (Å²) in [5, 5.41) is 14.4. The molecule has 0 unspecified atom stereocenters. The van der Waals surface area contributed by atoms with Gasteiger partial charge in [0.2, 0.25) is 5.91 Å². The lowest BCUT2D eigenvalue weighted by molar-refractivity contribution is -0.122. The molecule has 0 saturated carbocycles. The average molecular weight is 356 g/mol. The van der Waals surface area contributed by atoms with Crippen molar-refractivity contribution in [2.45, 2.75) is 19.9 Å². The number of anilines is 1. The van der Waals surface area contributed by atoms with Crippen LogP contribution in [0.3, 0.4) is 0 Å². The molecular formula is C17H20N6O3. The Morgan fingerprint density at radius 3 is 3.00 bits per heavy atom. The molecule has 9 nitrogen and oxygen atoms in total. The smallest absolute Gasteiger partial charge is 0.412 e. The number of amides is 2. The lowest BCUT2D eigenvalue weighted by atomic mass is 10.1. The van der Waals surface area contributed by atoms with Gasteiger partial charge in [0.15, 0.2) is 5.82 Å². The SMILES string of the molecule is CCOC(=O)Nc1cnn(CC(=O)NCCc2c[nH]c3ccccc23)n1. The topological polar surface area (TPSA) is 114 Å². The molecule has 0 aliphatic rings. The van der Waals surface area contributed by atoms with E-state index in [0.29, 0.717) is 6.54 Å². The number of aromatic nitrogens is 4. The van der Waals surface area contributed by atoms with E-state index in [0.717, 1.165) is 22.9 Å². The molecule has 0 spiro atoms. The van der Waals surface area contributed by atoms with Crippen molar-refractivity contribution in [3.63, 3.8) is 0 Å². The third kappa shape index (κ3) is 4.38. The van der Waals surface area contributed by atoms with E-state index in [1.54, 1.807) is 6.92 Å². The number of carbonyl (C=O) groups is 2. The first-order chi connectivity index (χ1) is 12.7. The van der Waals surface area contributed by atoms with Crippen molar-refractivity contribution in [3.05, 3.63) is 42.2 Å². The Kier molecular flexibility index (Phi) is 5.47. The summed E-state index contributed by atoms with van der Waals surface area (Å²) in [4.78, 5) is 27.7. The molecule has 0 radical (unpaired) electrons. The van der Waals surface area contributed by atoms with Crippen molar-refractivity contribution in [1.82, 2.24) is 25.3 Å². The number of hydrogen-bond acceptors (Lipinski definition) is 5. The second kappa shape index (κ2) is 8.15. The van der Waals surface area contributed by atoms with E-state index in [1.165, 1.54) is 11.0 Å². The van der Waals surface area contributed by atoms with Gasteiger partial charge in [-0.1, -0.05) is 18.2 Å². The normalized spacial score (nSPS) is 10.7. The fraction of sp³-hybridized carbons (Fsp3) is 0.294. The van der Waals surface area contributed by atoms with E-state index in [-0.39, 0.29) is 24.9 Å². The van der Waals surface area contributed by atoms with Gasteiger partial charge in [-0.3, -0.25) is 10.1 Å². The predicted octanol–water partition coefficient (Wildman–Crippen LogP) is 1.69. The summed E-state index contributed by atoms with van der Waals surface area (Å²) in [5.74, 6) is 0.0261. The molecule has 3 aromatic rings. The summed E-state index contributed by atoms with van der Waals surface area (Å²) in [6.45, 7) is 2.45. The van der Waals surface area contributed by atoms with Crippen molar-refractivity contribution in [3.8, 4) is 0 Å². The maximum absolute atomic E-state index is 12.0. The molecular weight excluding hydrogens is 336 g/mol. The second-order valence-electron chi connectivity index (χ2n) is 5.57. The lowest BCUT2D eigenvalue weighted by Crippen LogP contribution is -2.30. The highest BCUT2D eigenvalue weighted by Crippen LogP contribution is 2.17. The fourth-order valence-electron chi connectivity index (χ4n) is 2.56. The van der Waals surface area contributed by atoms with Crippen LogP contribution in [-0.4, -0.2) is 45.1 Å². The number of para-hydroxylation sites is 1. The molecule has 3 N–H and O–H groups in total. The molecule has 9 heteroatoms. The minimum Gasteiger partial charge on any atom is -0.450 e. The summed E-state index contributed by atoms with van der Waals surface area (Å²) in [5.41, 5.74) is 2.23. The molecule has 0 fully saturated rings. The Balaban J connectivity index is 1.46. The first-order valence-electron chi connectivity index (χ1n) is 8.31. The number of benzene rings is 1. The van der Waals surface area contributed by atoms with E-state index in [1.807, 2.05) is 24.4 Å². The van der Waals surface area contributed by atoms with Crippen LogP contribution in [-0.2, 0) is 22.5 Å². The van der Waals surface area contributed by atoms with Crippen molar-refractivity contribution in [2.75, 3.05) is 18.5 Å². The standard InChI is InChI=1S/C17H20N6O3/c1-2-26-17(25)21-15-10-20-23(22-15)11-16(24)18-8-7-12-9-19-14-6-4-3-5-13(12)14/h3-6,9-10,19H,2,7-8,11H2,1H3,(H,18,24)(H,21,22,25). The van der Waals surface area contributed by atoms with Gasteiger partial charge in [0.25, 0.3) is 0 Å². The number of hydrogen-bond donors (Lipinski definition) is 3. The number of fused-ring (bicyclic) bond motifs is 1. The largest absolute Gasteiger partial charge is 0.450 e. The van der Waals surface area contributed by atoms with Crippen LogP contribution >= 0.6 is 0 Å². The van der Waals surface area contributed by atoms with Crippen LogP contribution in [0.25, 0.3) is 10.9 Å². The summed E-state index contributed by atoms with van der Waals surface area (Å²) in [6, 6.07) is 8.04. The monoisotopic (exact) mass is 356 g/mol. The summed E-state index contributed by atoms with van der Waals surface area (Å²) >= 11 is 0. The number of rotatable bonds is 7. The Morgan fingerprint density at radius 1 is 1.31 bits per heavy atom. The molecule has 2 amide bonds. The average Bonchev–Trinajstić information content (AvgIpc) is 3.22. The zero-order valence-corrected chi connectivity index (χ0v) is 14.4. The van der Waals surface area contributed by atoms with Crippen molar-refractivity contribution >= 4 is 28.7 Å². The van der Waals surface area contributed by atoms with Crippen molar-refractivity contribution in [2.24, 2.45) is 0 Å². The van der Waals surface area contributed by atoms with Gasteiger partial charge in [0.1, 0.15) is 6.54 Å². The number of ether oxygens (including phenoxy) is 1. The Morgan fingerprint density at radius 2 is 2.15 bits per heavy atom. The first kappa shape index (κ1) is 17.5. The zero-order valence-electron chi connectivity index (χ0n) is 14.4.